The van der Waals surface area contributed by atoms with Gasteiger partial charge in [0.25, 0.3) is 0 Å². The van der Waals surface area contributed by atoms with E-state index in [9.17, 15) is 0 Å². The van der Waals surface area contributed by atoms with Crippen LogP contribution in [0.4, 0.5) is 5.82 Å². The van der Waals surface area contributed by atoms with Gasteiger partial charge in [0.2, 0.25) is 0 Å². The normalized spacial score (nSPS) is 13.5. The van der Waals surface area contributed by atoms with Crippen molar-refractivity contribution in [3.8, 4) is 0 Å². The van der Waals surface area contributed by atoms with E-state index in [-0.39, 0.29) is 0 Å². The highest BCUT2D eigenvalue weighted by Gasteiger charge is 2.17. The maximum atomic E-state index is 5.91. The molecule has 0 saturated carbocycles. The lowest BCUT2D eigenvalue weighted by Gasteiger charge is -2.22. The first-order valence-corrected chi connectivity index (χ1v) is 8.11. The Balaban J connectivity index is 1.78. The zero-order valence-electron chi connectivity index (χ0n) is 11.9. The van der Waals surface area contributed by atoms with Crippen molar-refractivity contribution in [1.29, 1.82) is 0 Å². The summed E-state index contributed by atoms with van der Waals surface area (Å²) in [6, 6.07) is 6.57. The van der Waals surface area contributed by atoms with Crippen molar-refractivity contribution in [3.63, 3.8) is 0 Å². The van der Waals surface area contributed by atoms with Crippen molar-refractivity contribution in [1.82, 2.24) is 4.98 Å². The van der Waals surface area contributed by atoms with Crippen LogP contribution in [0.15, 0.2) is 23.6 Å². The van der Waals surface area contributed by atoms with Gasteiger partial charge in [-0.05, 0) is 48.8 Å². The minimum Gasteiger partial charge on any atom is -0.359 e. The predicted octanol–water partition coefficient (Wildman–Crippen LogP) is 2.77. The Morgan fingerprint density at radius 1 is 1.40 bits per heavy atom. The van der Waals surface area contributed by atoms with Crippen LogP contribution in [0.1, 0.15) is 28.1 Å². The van der Waals surface area contributed by atoms with Gasteiger partial charge in [0, 0.05) is 36.3 Å². The van der Waals surface area contributed by atoms with Gasteiger partial charge in [0.05, 0.1) is 0 Å². The van der Waals surface area contributed by atoms with Gasteiger partial charge in [-0.25, -0.2) is 4.98 Å². The van der Waals surface area contributed by atoms with Crippen molar-refractivity contribution in [2.75, 3.05) is 18.5 Å². The molecule has 0 atom stereocenters. The van der Waals surface area contributed by atoms with Crippen LogP contribution in [-0.2, 0) is 25.8 Å². The van der Waals surface area contributed by atoms with Gasteiger partial charge >= 0.3 is 0 Å². The van der Waals surface area contributed by atoms with Crippen LogP contribution in [0.2, 0.25) is 0 Å². The van der Waals surface area contributed by atoms with E-state index >= 15 is 0 Å². The lowest BCUT2D eigenvalue weighted by atomic mass is 10.1. The van der Waals surface area contributed by atoms with E-state index in [1.165, 1.54) is 28.1 Å². The molecule has 3 nitrogen and oxygen atoms in total. The number of nitrogens with two attached hydrogens (primary N) is 1. The highest BCUT2D eigenvalue weighted by atomic mass is 32.1. The summed E-state index contributed by atoms with van der Waals surface area (Å²) in [5.41, 5.74) is 9.77. The van der Waals surface area contributed by atoms with Gasteiger partial charge in [-0.2, -0.15) is 0 Å². The van der Waals surface area contributed by atoms with Crippen molar-refractivity contribution in [3.05, 3.63) is 45.3 Å². The topological polar surface area (TPSA) is 42.2 Å². The summed E-state index contributed by atoms with van der Waals surface area (Å²) >= 11 is 1.82. The van der Waals surface area contributed by atoms with E-state index in [4.69, 9.17) is 10.7 Å². The van der Waals surface area contributed by atoms with Crippen LogP contribution >= 0.6 is 11.3 Å². The monoisotopic (exact) mass is 287 g/mol. The minimum absolute atomic E-state index is 0.568. The molecule has 0 aliphatic heterocycles. The van der Waals surface area contributed by atoms with Gasteiger partial charge < -0.3 is 10.6 Å². The molecule has 2 aromatic rings. The standard InChI is InChI=1S/C16H21N3S/c1-19(8-7-14-5-3-9-20-14)16-13(11-17)10-12-4-2-6-15(12)18-16/h3,5,9-10H,2,4,6-8,11,17H2,1H3. The van der Waals surface area contributed by atoms with Crippen LogP contribution in [0.3, 0.4) is 0 Å². The van der Waals surface area contributed by atoms with E-state index in [2.05, 4.69) is 35.5 Å². The summed E-state index contributed by atoms with van der Waals surface area (Å²) in [6.45, 7) is 1.55. The number of likely N-dealkylation sites (N-methyl/N-ethyl adjacent to an activating group) is 1. The molecule has 0 saturated heterocycles. The quantitative estimate of drug-likeness (QED) is 0.919. The Bertz CT molecular complexity index is 578. The molecule has 2 heterocycles. The fourth-order valence-electron chi connectivity index (χ4n) is 2.83. The minimum atomic E-state index is 0.568. The second kappa shape index (κ2) is 5.94. The van der Waals surface area contributed by atoms with Gasteiger partial charge in [-0.3, -0.25) is 0 Å². The molecule has 0 unspecified atom stereocenters. The zero-order chi connectivity index (χ0) is 13.9. The van der Waals surface area contributed by atoms with Crippen molar-refractivity contribution < 1.29 is 0 Å². The Morgan fingerprint density at radius 2 is 2.30 bits per heavy atom. The third-order valence-electron chi connectivity index (χ3n) is 3.96. The Morgan fingerprint density at radius 3 is 3.05 bits per heavy atom. The molecule has 0 amide bonds. The van der Waals surface area contributed by atoms with Crippen LogP contribution < -0.4 is 10.6 Å². The fraction of sp³-hybridized carbons (Fsp3) is 0.438. The summed E-state index contributed by atoms with van der Waals surface area (Å²) in [5, 5.41) is 2.13. The smallest absolute Gasteiger partial charge is 0.133 e. The Hall–Kier alpha value is -1.39. The number of fused-ring (bicyclic) bond motifs is 1. The largest absolute Gasteiger partial charge is 0.359 e. The van der Waals surface area contributed by atoms with Gasteiger partial charge in [-0.1, -0.05) is 6.07 Å². The lowest BCUT2D eigenvalue weighted by Crippen LogP contribution is -2.24. The van der Waals surface area contributed by atoms with Gasteiger partial charge in [0.1, 0.15) is 5.82 Å². The first-order chi connectivity index (χ1) is 9.78. The number of anilines is 1. The summed E-state index contributed by atoms with van der Waals surface area (Å²) < 4.78 is 0. The molecule has 106 valence electrons. The number of nitrogens with zero attached hydrogens (tertiary/aromatic N) is 2. The van der Waals surface area contributed by atoms with E-state index in [1.54, 1.807) is 0 Å². The fourth-order valence-corrected chi connectivity index (χ4v) is 3.53. The second-order valence-corrected chi connectivity index (χ2v) is 6.42. The van der Waals surface area contributed by atoms with E-state index in [1.807, 2.05) is 11.3 Å². The molecule has 0 aromatic carbocycles. The number of thiophene rings is 1. The van der Waals surface area contributed by atoms with Crippen molar-refractivity contribution in [2.45, 2.75) is 32.2 Å². The molecule has 1 aliphatic carbocycles. The maximum absolute atomic E-state index is 5.91. The van der Waals surface area contributed by atoms with Crippen molar-refractivity contribution >= 4 is 17.2 Å². The molecular weight excluding hydrogens is 266 g/mol. The number of aromatic nitrogens is 1. The molecule has 0 radical (unpaired) electrons. The number of pyridine rings is 1. The molecule has 1 aliphatic rings. The Kier molecular flexibility index (Phi) is 4.03. The van der Waals surface area contributed by atoms with Crippen LogP contribution in [0.25, 0.3) is 0 Å². The van der Waals surface area contributed by atoms with Crippen LogP contribution in [0.5, 0.6) is 0 Å². The molecule has 2 aromatic heterocycles. The predicted molar refractivity (Wildman–Crippen MR) is 85.4 cm³/mol. The molecule has 4 heteroatoms. The van der Waals surface area contributed by atoms with E-state index in [0.717, 1.165) is 31.6 Å². The molecule has 20 heavy (non-hydrogen) atoms. The number of hydrogen-bond acceptors (Lipinski definition) is 4. The number of rotatable bonds is 5. The molecule has 0 spiro atoms. The van der Waals surface area contributed by atoms with Crippen molar-refractivity contribution in [2.24, 2.45) is 5.73 Å². The van der Waals surface area contributed by atoms with E-state index in [0.29, 0.717) is 6.54 Å². The summed E-state index contributed by atoms with van der Waals surface area (Å²) in [7, 11) is 2.12. The third-order valence-corrected chi connectivity index (χ3v) is 4.90. The molecule has 2 N–H and O–H groups in total. The summed E-state index contributed by atoms with van der Waals surface area (Å²) in [5.74, 6) is 1.07. The average molecular weight is 287 g/mol. The summed E-state index contributed by atoms with van der Waals surface area (Å²) in [4.78, 5) is 8.55. The molecule has 3 rings (SSSR count). The average Bonchev–Trinajstić information content (AvgIpc) is 3.13. The first-order valence-electron chi connectivity index (χ1n) is 7.23. The van der Waals surface area contributed by atoms with Gasteiger partial charge in [-0.15, -0.1) is 11.3 Å². The number of hydrogen-bond donors (Lipinski definition) is 1. The zero-order valence-corrected chi connectivity index (χ0v) is 12.7. The summed E-state index contributed by atoms with van der Waals surface area (Å²) in [6.07, 6.45) is 4.58. The molecular formula is C16H21N3S. The van der Waals surface area contributed by atoms with Crippen LogP contribution in [-0.4, -0.2) is 18.6 Å². The lowest BCUT2D eigenvalue weighted by molar-refractivity contribution is 0.842. The van der Waals surface area contributed by atoms with E-state index < -0.39 is 0 Å². The number of aryl methyl sites for hydroxylation is 2. The SMILES string of the molecule is CN(CCc1cccs1)c1nc2c(cc1CN)CCC2. The first kappa shape index (κ1) is 13.6. The Labute approximate surface area is 124 Å². The maximum Gasteiger partial charge on any atom is 0.133 e. The third kappa shape index (κ3) is 2.72. The highest BCUT2D eigenvalue weighted by molar-refractivity contribution is 7.09. The molecule has 0 bridgehead atoms. The van der Waals surface area contributed by atoms with Crippen LogP contribution in [0, 0.1) is 0 Å². The van der Waals surface area contributed by atoms with Gasteiger partial charge in [0.15, 0.2) is 0 Å². The molecule has 0 fully saturated rings. The highest BCUT2D eigenvalue weighted by Crippen LogP contribution is 2.27. The second-order valence-electron chi connectivity index (χ2n) is 5.39.